The van der Waals surface area contributed by atoms with Crippen molar-refractivity contribution in [2.24, 2.45) is 0 Å². The van der Waals surface area contributed by atoms with Gasteiger partial charge in [0.15, 0.2) is 0 Å². The Morgan fingerprint density at radius 3 is 2.50 bits per heavy atom. The van der Waals surface area contributed by atoms with Crippen LogP contribution in [0.4, 0.5) is 0 Å². The molecule has 4 rings (SSSR count). The molecule has 3 N–H and O–H groups in total. The van der Waals surface area contributed by atoms with Gasteiger partial charge >= 0.3 is 0 Å². The maximum atomic E-state index is 12.3. The first kappa shape index (κ1) is 21.1. The fraction of sp³-hybridized carbons (Fsp3) is 0.160. The van der Waals surface area contributed by atoms with Gasteiger partial charge in [0.25, 0.3) is 5.91 Å². The highest BCUT2D eigenvalue weighted by Crippen LogP contribution is 2.30. The maximum Gasteiger partial charge on any atom is 0.269 e. The van der Waals surface area contributed by atoms with Gasteiger partial charge in [0, 0.05) is 29.1 Å². The monoisotopic (exact) mass is 428 g/mol. The Hall–Kier alpha value is -4.13. The van der Waals surface area contributed by atoms with Gasteiger partial charge in [-0.25, -0.2) is 0 Å². The van der Waals surface area contributed by atoms with Crippen molar-refractivity contribution in [1.29, 1.82) is 0 Å². The number of hydrazine groups is 1. The van der Waals surface area contributed by atoms with E-state index < -0.39 is 0 Å². The number of aromatic amines is 1. The summed E-state index contributed by atoms with van der Waals surface area (Å²) in [5.41, 5.74) is 9.39. The summed E-state index contributed by atoms with van der Waals surface area (Å²) in [4.78, 5) is 32.4. The van der Waals surface area contributed by atoms with E-state index in [2.05, 4.69) is 26.9 Å². The maximum absolute atomic E-state index is 12.3. The number of amides is 2. The first-order chi connectivity index (χ1) is 15.7. The first-order valence-electron chi connectivity index (χ1n) is 10.4. The second-order valence-corrected chi connectivity index (χ2v) is 7.32. The third kappa shape index (κ3) is 4.78. The fourth-order valence-electron chi connectivity index (χ4n) is 3.62. The van der Waals surface area contributed by atoms with E-state index in [9.17, 15) is 9.59 Å². The van der Waals surface area contributed by atoms with Gasteiger partial charge in [-0.3, -0.25) is 25.4 Å². The Morgan fingerprint density at radius 2 is 1.75 bits per heavy atom. The van der Waals surface area contributed by atoms with Gasteiger partial charge in [-0.1, -0.05) is 24.3 Å². The van der Waals surface area contributed by atoms with E-state index in [-0.39, 0.29) is 18.2 Å². The highest BCUT2D eigenvalue weighted by Gasteiger charge is 2.14. The Bertz CT molecular complexity index is 1220. The summed E-state index contributed by atoms with van der Waals surface area (Å²) >= 11 is 0. The van der Waals surface area contributed by atoms with Crippen LogP contribution in [0.1, 0.15) is 28.8 Å². The Labute approximate surface area is 185 Å². The normalized spacial score (nSPS) is 10.7. The van der Waals surface area contributed by atoms with Crippen molar-refractivity contribution in [2.75, 3.05) is 7.11 Å². The van der Waals surface area contributed by atoms with Gasteiger partial charge in [0.05, 0.1) is 18.5 Å². The van der Waals surface area contributed by atoms with Crippen LogP contribution >= 0.6 is 0 Å². The highest BCUT2D eigenvalue weighted by molar-refractivity contribution is 5.95. The molecule has 0 saturated carbocycles. The molecular formula is C25H24N4O3. The molecule has 0 unspecified atom stereocenters. The van der Waals surface area contributed by atoms with Crippen molar-refractivity contribution in [2.45, 2.75) is 19.3 Å². The molecule has 2 aromatic carbocycles. The van der Waals surface area contributed by atoms with E-state index >= 15 is 0 Å². The number of hydrogen-bond acceptors (Lipinski definition) is 4. The topological polar surface area (TPSA) is 96.1 Å². The van der Waals surface area contributed by atoms with Gasteiger partial charge < -0.3 is 9.72 Å². The summed E-state index contributed by atoms with van der Waals surface area (Å²) in [5, 5.41) is 1.13. The first-order valence-corrected chi connectivity index (χ1v) is 10.4. The van der Waals surface area contributed by atoms with Crippen LogP contribution in [-0.2, 0) is 11.2 Å². The number of carbonyl (C=O) groups is 2. The third-order valence-corrected chi connectivity index (χ3v) is 5.23. The van der Waals surface area contributed by atoms with E-state index in [1.807, 2.05) is 36.4 Å². The molecule has 2 heterocycles. The molecule has 0 saturated heterocycles. The second-order valence-electron chi connectivity index (χ2n) is 7.32. The quantitative estimate of drug-likeness (QED) is 0.387. The van der Waals surface area contributed by atoms with Crippen LogP contribution in [0.5, 0.6) is 5.75 Å². The number of nitrogens with zero attached hydrogens (tertiary/aromatic N) is 1. The number of carbonyl (C=O) groups excluding carboxylic acids is 2. The Morgan fingerprint density at radius 1 is 0.969 bits per heavy atom. The highest BCUT2D eigenvalue weighted by atomic mass is 16.5. The molecule has 4 aromatic rings. The van der Waals surface area contributed by atoms with E-state index in [0.29, 0.717) is 24.2 Å². The van der Waals surface area contributed by atoms with Crippen LogP contribution in [0, 0.1) is 0 Å². The second kappa shape index (κ2) is 9.78. The molecule has 0 aliphatic rings. The summed E-state index contributed by atoms with van der Waals surface area (Å²) in [5.74, 6) is 0.0362. The molecule has 0 spiro atoms. The van der Waals surface area contributed by atoms with Crippen LogP contribution < -0.4 is 15.6 Å². The summed E-state index contributed by atoms with van der Waals surface area (Å²) < 4.78 is 5.08. The van der Waals surface area contributed by atoms with Crippen LogP contribution in [0.15, 0.2) is 72.9 Å². The van der Waals surface area contributed by atoms with Gasteiger partial charge in [0.1, 0.15) is 5.75 Å². The molecular weight excluding hydrogens is 404 g/mol. The van der Waals surface area contributed by atoms with Crippen molar-refractivity contribution in [3.8, 4) is 17.1 Å². The van der Waals surface area contributed by atoms with Gasteiger partial charge in [-0.2, -0.15) is 0 Å². The lowest BCUT2D eigenvalue weighted by Crippen LogP contribution is -2.41. The Balaban J connectivity index is 1.36. The molecule has 162 valence electrons. The van der Waals surface area contributed by atoms with Gasteiger partial charge in [-0.05, 0) is 60.9 Å². The number of methoxy groups -OCH3 is 1. The number of pyridine rings is 1. The summed E-state index contributed by atoms with van der Waals surface area (Å²) in [7, 11) is 1.56. The van der Waals surface area contributed by atoms with Crippen molar-refractivity contribution >= 4 is 22.7 Å². The van der Waals surface area contributed by atoms with Crippen molar-refractivity contribution in [3.63, 3.8) is 0 Å². The van der Waals surface area contributed by atoms with Crippen molar-refractivity contribution in [3.05, 3.63) is 84.1 Å². The molecule has 32 heavy (non-hydrogen) atoms. The molecule has 0 bridgehead atoms. The number of ether oxygens (including phenoxy) is 1. The summed E-state index contributed by atoms with van der Waals surface area (Å²) in [6.45, 7) is 0. The third-order valence-electron chi connectivity index (χ3n) is 5.23. The van der Waals surface area contributed by atoms with Gasteiger partial charge in [0.2, 0.25) is 5.91 Å². The summed E-state index contributed by atoms with van der Waals surface area (Å²) in [6.07, 6.45) is 3.38. The number of aryl methyl sites for hydroxylation is 1. The zero-order valence-corrected chi connectivity index (χ0v) is 17.7. The minimum atomic E-state index is -0.380. The largest absolute Gasteiger partial charge is 0.497 e. The zero-order valence-electron chi connectivity index (χ0n) is 17.7. The molecule has 0 radical (unpaired) electrons. The van der Waals surface area contributed by atoms with E-state index in [1.54, 1.807) is 37.6 Å². The van der Waals surface area contributed by atoms with Crippen LogP contribution in [0.3, 0.4) is 0 Å². The number of hydrogen-bond donors (Lipinski definition) is 3. The van der Waals surface area contributed by atoms with E-state index in [0.717, 1.165) is 27.9 Å². The number of H-pyrrole nitrogens is 1. The molecule has 0 atom stereocenters. The number of rotatable bonds is 7. The molecule has 7 heteroatoms. The number of benzene rings is 2. The smallest absolute Gasteiger partial charge is 0.269 e. The van der Waals surface area contributed by atoms with E-state index in [4.69, 9.17) is 4.74 Å². The lowest BCUT2D eigenvalue weighted by molar-refractivity contribution is -0.121. The van der Waals surface area contributed by atoms with E-state index in [1.165, 1.54) is 0 Å². The van der Waals surface area contributed by atoms with Crippen molar-refractivity contribution in [1.82, 2.24) is 20.8 Å². The molecule has 2 aromatic heterocycles. The van der Waals surface area contributed by atoms with Crippen LogP contribution in [0.2, 0.25) is 0 Å². The zero-order chi connectivity index (χ0) is 22.3. The number of nitrogens with one attached hydrogen (secondary N) is 3. The minimum Gasteiger partial charge on any atom is -0.497 e. The predicted molar refractivity (Wildman–Crippen MR) is 123 cm³/mol. The lowest BCUT2D eigenvalue weighted by Gasteiger charge is -2.08. The predicted octanol–water partition coefficient (Wildman–Crippen LogP) is 4.02. The Kier molecular flexibility index (Phi) is 6.46. The molecule has 7 nitrogen and oxygen atoms in total. The molecule has 0 aliphatic carbocycles. The molecule has 2 amide bonds. The van der Waals surface area contributed by atoms with Gasteiger partial charge in [-0.15, -0.1) is 0 Å². The fourth-order valence-corrected chi connectivity index (χ4v) is 3.62. The average Bonchev–Trinajstić information content (AvgIpc) is 3.22. The number of aromatic nitrogens is 2. The van der Waals surface area contributed by atoms with Crippen LogP contribution in [0.25, 0.3) is 22.3 Å². The molecule has 0 fully saturated rings. The SMILES string of the molecule is COc1ccc(C(=O)NNC(=O)CCCc2c(-c3ccccn3)[nH]c3ccccc23)cc1. The number of fused-ring (bicyclic) bond motifs is 1. The summed E-state index contributed by atoms with van der Waals surface area (Å²) in [6, 6.07) is 20.6. The average molecular weight is 428 g/mol. The minimum absolute atomic E-state index is 0.244. The van der Waals surface area contributed by atoms with Crippen molar-refractivity contribution < 1.29 is 14.3 Å². The standard InChI is InChI=1S/C25H24N4O3/c1-32-18-14-12-17(13-15-18)25(31)29-28-23(30)11-6-8-20-19-7-2-3-9-21(19)27-24(20)22-10-4-5-16-26-22/h2-5,7,9-10,12-16,27H,6,8,11H2,1H3,(H,28,30)(H,29,31). The molecule has 0 aliphatic heterocycles. The lowest BCUT2D eigenvalue weighted by atomic mass is 10.0. The van der Waals surface area contributed by atoms with Crippen LogP contribution in [-0.4, -0.2) is 28.9 Å². The number of para-hydroxylation sites is 1.